The van der Waals surface area contributed by atoms with Gasteiger partial charge in [0.15, 0.2) is 6.61 Å². The second kappa shape index (κ2) is 7.73. The molecule has 126 valence electrons. The molecule has 1 N–H and O–H groups in total. The number of carbonyl (C=O) groups excluding carboxylic acids is 1. The van der Waals surface area contributed by atoms with Crippen LogP contribution in [0, 0.1) is 0 Å². The summed E-state index contributed by atoms with van der Waals surface area (Å²) in [5.41, 5.74) is 0.633. The van der Waals surface area contributed by atoms with Gasteiger partial charge < -0.3 is 15.0 Å². The molecule has 1 saturated heterocycles. The largest absolute Gasteiger partial charge is 0.482 e. The summed E-state index contributed by atoms with van der Waals surface area (Å²) in [6.07, 6.45) is 4.05. The molecular formula is C17H17Cl2N3O2. The van der Waals surface area contributed by atoms with Crippen LogP contribution in [-0.4, -0.2) is 30.6 Å². The lowest BCUT2D eigenvalue weighted by atomic mass is 10.3. The van der Waals surface area contributed by atoms with E-state index in [0.717, 1.165) is 18.9 Å². The zero-order valence-electron chi connectivity index (χ0n) is 13.0. The van der Waals surface area contributed by atoms with Crippen molar-refractivity contribution < 1.29 is 9.53 Å². The van der Waals surface area contributed by atoms with Gasteiger partial charge >= 0.3 is 0 Å². The van der Waals surface area contributed by atoms with Gasteiger partial charge in [-0.3, -0.25) is 4.79 Å². The molecule has 1 aliphatic rings. The van der Waals surface area contributed by atoms with E-state index in [0.29, 0.717) is 21.5 Å². The molecule has 1 aromatic carbocycles. The Kier molecular flexibility index (Phi) is 5.43. The highest BCUT2D eigenvalue weighted by molar-refractivity contribution is 6.35. The van der Waals surface area contributed by atoms with Crippen molar-refractivity contribution in [2.24, 2.45) is 0 Å². The highest BCUT2D eigenvalue weighted by Gasteiger charge is 2.13. The number of hydrogen-bond acceptors (Lipinski definition) is 4. The highest BCUT2D eigenvalue weighted by atomic mass is 35.5. The molecule has 1 aliphatic heterocycles. The summed E-state index contributed by atoms with van der Waals surface area (Å²) in [4.78, 5) is 18.6. The van der Waals surface area contributed by atoms with Crippen molar-refractivity contribution in [2.75, 3.05) is 29.9 Å². The van der Waals surface area contributed by atoms with Gasteiger partial charge in [0.05, 0.1) is 16.9 Å². The molecule has 7 heteroatoms. The van der Waals surface area contributed by atoms with E-state index >= 15 is 0 Å². The number of amides is 1. The molecule has 5 nitrogen and oxygen atoms in total. The first-order valence-electron chi connectivity index (χ1n) is 7.70. The van der Waals surface area contributed by atoms with Crippen LogP contribution in [0.15, 0.2) is 36.5 Å². The third-order valence-electron chi connectivity index (χ3n) is 3.71. The molecule has 0 aliphatic carbocycles. The standard InChI is InChI=1S/C17H17Cl2N3O2/c18-12-3-5-15(14(19)9-12)24-11-17(23)21-13-4-6-16(20-10-13)22-7-1-2-8-22/h3-6,9-10H,1-2,7-8,11H2,(H,21,23). The van der Waals surface area contributed by atoms with Crippen molar-refractivity contribution in [1.82, 2.24) is 4.98 Å². The lowest BCUT2D eigenvalue weighted by Gasteiger charge is -2.16. The van der Waals surface area contributed by atoms with Crippen LogP contribution in [0.4, 0.5) is 11.5 Å². The van der Waals surface area contributed by atoms with E-state index in [1.807, 2.05) is 12.1 Å². The van der Waals surface area contributed by atoms with Crippen molar-refractivity contribution >= 4 is 40.6 Å². The maximum absolute atomic E-state index is 12.0. The Morgan fingerprint density at radius 2 is 2.00 bits per heavy atom. The van der Waals surface area contributed by atoms with Gasteiger partial charge in [0, 0.05) is 18.1 Å². The Bertz CT molecular complexity index is 716. The van der Waals surface area contributed by atoms with Crippen LogP contribution in [0.2, 0.25) is 10.0 Å². The normalized spacial score (nSPS) is 13.8. The predicted octanol–water partition coefficient (Wildman–Crippen LogP) is 4.01. The van der Waals surface area contributed by atoms with Crippen molar-refractivity contribution in [3.8, 4) is 5.75 Å². The second-order valence-corrected chi connectivity index (χ2v) is 6.35. The Hall–Kier alpha value is -1.98. The lowest BCUT2D eigenvalue weighted by molar-refractivity contribution is -0.118. The van der Waals surface area contributed by atoms with E-state index in [1.165, 1.54) is 12.8 Å². The number of carbonyl (C=O) groups is 1. The van der Waals surface area contributed by atoms with Crippen molar-refractivity contribution in [3.05, 3.63) is 46.6 Å². The first kappa shape index (κ1) is 16.9. The smallest absolute Gasteiger partial charge is 0.262 e. The van der Waals surface area contributed by atoms with Crippen LogP contribution in [-0.2, 0) is 4.79 Å². The predicted molar refractivity (Wildman–Crippen MR) is 96.3 cm³/mol. The minimum Gasteiger partial charge on any atom is -0.482 e. The van der Waals surface area contributed by atoms with Crippen molar-refractivity contribution in [1.29, 1.82) is 0 Å². The first-order chi connectivity index (χ1) is 11.6. The molecule has 2 aromatic rings. The molecule has 3 rings (SSSR count). The number of ether oxygens (including phenoxy) is 1. The third-order valence-corrected chi connectivity index (χ3v) is 4.24. The van der Waals surface area contributed by atoms with Crippen molar-refractivity contribution in [3.63, 3.8) is 0 Å². The first-order valence-corrected chi connectivity index (χ1v) is 8.46. The number of benzene rings is 1. The third kappa shape index (κ3) is 4.30. The number of anilines is 2. The molecule has 0 bridgehead atoms. The van der Waals surface area contributed by atoms with Crippen molar-refractivity contribution in [2.45, 2.75) is 12.8 Å². The van der Waals surface area contributed by atoms with Crippen LogP contribution >= 0.6 is 23.2 Å². The number of pyridine rings is 1. The molecule has 0 saturated carbocycles. The summed E-state index contributed by atoms with van der Waals surface area (Å²) >= 11 is 11.8. The summed E-state index contributed by atoms with van der Waals surface area (Å²) in [6.45, 7) is 1.93. The average Bonchev–Trinajstić information content (AvgIpc) is 3.09. The number of nitrogens with zero attached hydrogens (tertiary/aromatic N) is 2. The fourth-order valence-corrected chi connectivity index (χ4v) is 2.99. The second-order valence-electron chi connectivity index (χ2n) is 5.51. The summed E-state index contributed by atoms with van der Waals surface area (Å²) in [7, 11) is 0. The Labute approximate surface area is 150 Å². The Morgan fingerprint density at radius 1 is 1.21 bits per heavy atom. The van der Waals surface area contributed by atoms with Gasteiger partial charge in [-0.1, -0.05) is 23.2 Å². The fraction of sp³-hybridized carbons (Fsp3) is 0.294. The van der Waals surface area contributed by atoms with Crippen LogP contribution in [0.25, 0.3) is 0 Å². The number of nitrogens with one attached hydrogen (secondary N) is 1. The average molecular weight is 366 g/mol. The van der Waals surface area contributed by atoms with E-state index in [9.17, 15) is 4.79 Å². The minimum atomic E-state index is -0.281. The van der Waals surface area contributed by atoms with Crippen LogP contribution in [0.3, 0.4) is 0 Å². The Balaban J connectivity index is 1.52. The summed E-state index contributed by atoms with van der Waals surface area (Å²) in [5, 5.41) is 3.63. The minimum absolute atomic E-state index is 0.144. The monoisotopic (exact) mass is 365 g/mol. The molecule has 24 heavy (non-hydrogen) atoms. The van der Waals surface area contributed by atoms with E-state index in [1.54, 1.807) is 24.4 Å². The fourth-order valence-electron chi connectivity index (χ4n) is 2.53. The summed E-state index contributed by atoms with van der Waals surface area (Å²) in [6, 6.07) is 8.61. The van der Waals surface area contributed by atoms with Gasteiger partial charge in [-0.15, -0.1) is 0 Å². The van der Waals surface area contributed by atoms with Gasteiger partial charge in [-0.2, -0.15) is 0 Å². The molecular weight excluding hydrogens is 349 g/mol. The van der Waals surface area contributed by atoms with Gasteiger partial charge in [-0.25, -0.2) is 4.98 Å². The quantitative estimate of drug-likeness (QED) is 0.869. The Morgan fingerprint density at radius 3 is 2.67 bits per heavy atom. The zero-order valence-corrected chi connectivity index (χ0v) is 14.5. The van der Waals surface area contributed by atoms with E-state index < -0.39 is 0 Å². The van der Waals surface area contributed by atoms with Gasteiger partial charge in [-0.05, 0) is 43.2 Å². The molecule has 1 amide bonds. The molecule has 1 fully saturated rings. The topological polar surface area (TPSA) is 54.5 Å². The number of aromatic nitrogens is 1. The molecule has 0 spiro atoms. The van der Waals surface area contributed by atoms with E-state index in [-0.39, 0.29) is 12.5 Å². The lowest BCUT2D eigenvalue weighted by Crippen LogP contribution is -2.21. The van der Waals surface area contributed by atoms with Gasteiger partial charge in [0.1, 0.15) is 11.6 Å². The number of rotatable bonds is 5. The van der Waals surface area contributed by atoms with E-state index in [4.69, 9.17) is 27.9 Å². The van der Waals surface area contributed by atoms with Gasteiger partial charge in [0.2, 0.25) is 0 Å². The number of hydrogen-bond donors (Lipinski definition) is 1. The SMILES string of the molecule is O=C(COc1ccc(Cl)cc1Cl)Nc1ccc(N2CCCC2)nc1. The van der Waals surface area contributed by atoms with Crippen LogP contribution in [0.1, 0.15) is 12.8 Å². The molecule has 0 radical (unpaired) electrons. The van der Waals surface area contributed by atoms with Crippen LogP contribution in [0.5, 0.6) is 5.75 Å². The molecule has 0 atom stereocenters. The molecule has 1 aromatic heterocycles. The highest BCUT2D eigenvalue weighted by Crippen LogP contribution is 2.27. The van der Waals surface area contributed by atoms with Gasteiger partial charge in [0.25, 0.3) is 5.91 Å². The maximum Gasteiger partial charge on any atom is 0.262 e. The molecule has 2 heterocycles. The van der Waals surface area contributed by atoms with E-state index in [2.05, 4.69) is 15.2 Å². The summed E-state index contributed by atoms with van der Waals surface area (Å²) in [5.74, 6) is 1.07. The zero-order chi connectivity index (χ0) is 16.9. The maximum atomic E-state index is 12.0. The molecule has 0 unspecified atom stereocenters. The summed E-state index contributed by atoms with van der Waals surface area (Å²) < 4.78 is 5.40. The van der Waals surface area contributed by atoms with Crippen LogP contribution < -0.4 is 15.0 Å². The number of halogens is 2.